The number of para-hydroxylation sites is 1. The molecule has 7 aromatic rings. The van der Waals surface area contributed by atoms with E-state index in [1.807, 2.05) is 24.4 Å². The Bertz CT molecular complexity index is 1840. The van der Waals surface area contributed by atoms with E-state index >= 15 is 0 Å². The van der Waals surface area contributed by atoms with Crippen molar-refractivity contribution in [2.24, 2.45) is 0 Å². The largest absolute Gasteiger partial charge is 0.277 e. The van der Waals surface area contributed by atoms with Gasteiger partial charge in [0, 0.05) is 17.4 Å². The fourth-order valence-corrected chi connectivity index (χ4v) is 5.10. The van der Waals surface area contributed by atoms with E-state index in [0.29, 0.717) is 0 Å². The van der Waals surface area contributed by atoms with Gasteiger partial charge in [-0.3, -0.25) is 4.57 Å². The monoisotopic (exact) mass is 447 g/mol. The normalized spacial score (nSPS) is 11.4. The third-order valence-electron chi connectivity index (χ3n) is 6.68. The number of hydrogen-bond acceptors (Lipinski definition) is 2. The first-order chi connectivity index (χ1) is 17.4. The summed E-state index contributed by atoms with van der Waals surface area (Å²) in [5.41, 5.74) is 6.34. The van der Waals surface area contributed by atoms with Gasteiger partial charge < -0.3 is 0 Å². The van der Waals surface area contributed by atoms with Gasteiger partial charge in [0.1, 0.15) is 11.3 Å². The van der Waals surface area contributed by atoms with Crippen LogP contribution in [0.4, 0.5) is 0 Å². The predicted octanol–water partition coefficient (Wildman–Crippen LogP) is 8.06. The highest BCUT2D eigenvalue weighted by Gasteiger charge is 2.18. The smallest absolute Gasteiger partial charge is 0.164 e. The molecule has 3 nitrogen and oxygen atoms in total. The maximum absolute atomic E-state index is 5.06. The topological polar surface area (TPSA) is 30.7 Å². The lowest BCUT2D eigenvalue weighted by Gasteiger charge is -2.15. The van der Waals surface area contributed by atoms with Gasteiger partial charge in [-0.2, -0.15) is 0 Å². The Kier molecular flexibility index (Phi) is 4.46. The van der Waals surface area contributed by atoms with Crippen molar-refractivity contribution in [3.05, 3.63) is 128 Å². The van der Waals surface area contributed by atoms with Crippen molar-refractivity contribution in [2.75, 3.05) is 0 Å². The first-order valence-corrected chi connectivity index (χ1v) is 11.8. The fraction of sp³-hybridized carbons (Fsp3) is 0. The summed E-state index contributed by atoms with van der Waals surface area (Å²) < 4.78 is 2.16. The maximum Gasteiger partial charge on any atom is 0.164 e. The summed E-state index contributed by atoms with van der Waals surface area (Å²) in [7, 11) is 0. The molecule has 0 bridgehead atoms. The minimum atomic E-state index is 0.857. The number of imidazole rings is 1. The van der Waals surface area contributed by atoms with Gasteiger partial charge in [0.05, 0.1) is 0 Å². The van der Waals surface area contributed by atoms with Crippen LogP contribution in [0, 0.1) is 0 Å². The molecule has 0 spiro atoms. The van der Waals surface area contributed by atoms with Gasteiger partial charge >= 0.3 is 0 Å². The summed E-state index contributed by atoms with van der Waals surface area (Å²) >= 11 is 0. The van der Waals surface area contributed by atoms with Crippen LogP contribution in [-0.2, 0) is 0 Å². The molecule has 7 rings (SSSR count). The van der Waals surface area contributed by atoms with Crippen molar-refractivity contribution in [1.82, 2.24) is 14.5 Å². The lowest BCUT2D eigenvalue weighted by atomic mass is 9.92. The Morgan fingerprint density at radius 1 is 0.486 bits per heavy atom. The lowest BCUT2D eigenvalue weighted by molar-refractivity contribution is 1.08. The zero-order chi connectivity index (χ0) is 23.2. The molecule has 0 saturated heterocycles. The highest BCUT2D eigenvalue weighted by Crippen LogP contribution is 2.39. The molecular weight excluding hydrogens is 426 g/mol. The van der Waals surface area contributed by atoms with Gasteiger partial charge in [-0.15, -0.1) is 0 Å². The molecule has 0 atom stereocenters. The van der Waals surface area contributed by atoms with Crippen molar-refractivity contribution in [3.8, 4) is 28.2 Å². The van der Waals surface area contributed by atoms with E-state index in [1.54, 1.807) is 0 Å². The minimum Gasteiger partial charge on any atom is -0.277 e. The zero-order valence-electron chi connectivity index (χ0n) is 19.0. The Labute approximate surface area is 203 Å². The van der Waals surface area contributed by atoms with Crippen LogP contribution in [0.3, 0.4) is 0 Å². The molecule has 0 radical (unpaired) electrons. The van der Waals surface area contributed by atoms with E-state index < -0.39 is 0 Å². The van der Waals surface area contributed by atoms with Crippen molar-refractivity contribution in [2.45, 2.75) is 0 Å². The number of aromatic nitrogens is 3. The molecule has 0 aliphatic rings. The molecule has 5 aromatic carbocycles. The van der Waals surface area contributed by atoms with Gasteiger partial charge in [-0.05, 0) is 63.0 Å². The summed E-state index contributed by atoms with van der Waals surface area (Å²) in [6, 6.07) is 42.5. The fourth-order valence-electron chi connectivity index (χ4n) is 5.10. The van der Waals surface area contributed by atoms with Crippen molar-refractivity contribution < 1.29 is 0 Å². The standard InChI is InChI=1S/C32H21N3/c1-2-12-23(13-3-1)35-31(34-30-18-9-21-33-32(30)35)29-20-19-28(26-15-6-7-16-27(26)29)25-17-8-11-22-10-4-5-14-24(22)25/h1-21H. The number of rotatable bonds is 3. The Balaban J connectivity index is 1.54. The van der Waals surface area contributed by atoms with Crippen molar-refractivity contribution >= 4 is 32.7 Å². The third-order valence-corrected chi connectivity index (χ3v) is 6.68. The lowest BCUT2D eigenvalue weighted by Crippen LogP contribution is -1.99. The highest BCUT2D eigenvalue weighted by molar-refractivity contribution is 6.09. The molecule has 3 heteroatoms. The molecule has 0 aliphatic heterocycles. The third kappa shape index (κ3) is 3.13. The van der Waals surface area contributed by atoms with Crippen LogP contribution in [-0.4, -0.2) is 14.5 Å². The SMILES string of the molecule is c1ccc(-n2c(-c3ccc(-c4cccc5ccccc45)c4ccccc34)nc3cccnc32)cc1. The molecule has 164 valence electrons. The summed E-state index contributed by atoms with van der Waals surface area (Å²) in [4.78, 5) is 9.75. The number of hydrogen-bond donors (Lipinski definition) is 0. The molecule has 0 N–H and O–H groups in total. The van der Waals surface area contributed by atoms with Crippen LogP contribution in [0.1, 0.15) is 0 Å². The molecule has 35 heavy (non-hydrogen) atoms. The van der Waals surface area contributed by atoms with E-state index in [-0.39, 0.29) is 0 Å². The second-order valence-electron chi connectivity index (χ2n) is 8.69. The Hall–Kier alpha value is -4.76. The molecule has 0 amide bonds. The Morgan fingerprint density at radius 2 is 1.14 bits per heavy atom. The zero-order valence-corrected chi connectivity index (χ0v) is 19.0. The van der Waals surface area contributed by atoms with E-state index in [1.165, 1.54) is 32.7 Å². The van der Waals surface area contributed by atoms with Crippen LogP contribution in [0.15, 0.2) is 128 Å². The molecule has 0 unspecified atom stereocenters. The van der Waals surface area contributed by atoms with E-state index in [0.717, 1.165) is 28.2 Å². The predicted molar refractivity (Wildman–Crippen MR) is 145 cm³/mol. The number of benzene rings is 5. The van der Waals surface area contributed by atoms with Crippen molar-refractivity contribution in [1.29, 1.82) is 0 Å². The summed E-state index contributed by atoms with van der Waals surface area (Å²) in [5.74, 6) is 0.894. The molecule has 2 aromatic heterocycles. The summed E-state index contributed by atoms with van der Waals surface area (Å²) in [6.07, 6.45) is 1.83. The number of fused-ring (bicyclic) bond motifs is 3. The van der Waals surface area contributed by atoms with Gasteiger partial charge in [0.2, 0.25) is 0 Å². The van der Waals surface area contributed by atoms with Gasteiger partial charge in [-0.1, -0.05) is 91.0 Å². The van der Waals surface area contributed by atoms with Gasteiger partial charge in [-0.25, -0.2) is 9.97 Å². The summed E-state index contributed by atoms with van der Waals surface area (Å²) in [6.45, 7) is 0. The van der Waals surface area contributed by atoms with Crippen LogP contribution in [0.2, 0.25) is 0 Å². The van der Waals surface area contributed by atoms with Crippen molar-refractivity contribution in [3.63, 3.8) is 0 Å². The molecular formula is C32H21N3. The van der Waals surface area contributed by atoms with E-state index in [4.69, 9.17) is 4.98 Å². The average molecular weight is 448 g/mol. The second kappa shape index (κ2) is 7.93. The van der Waals surface area contributed by atoms with Crippen LogP contribution in [0.5, 0.6) is 0 Å². The number of pyridine rings is 1. The minimum absolute atomic E-state index is 0.857. The molecule has 0 saturated carbocycles. The molecule has 0 aliphatic carbocycles. The van der Waals surface area contributed by atoms with Crippen LogP contribution in [0.25, 0.3) is 60.9 Å². The van der Waals surface area contributed by atoms with E-state index in [9.17, 15) is 0 Å². The van der Waals surface area contributed by atoms with Gasteiger partial charge in [0.25, 0.3) is 0 Å². The molecule has 0 fully saturated rings. The number of nitrogens with zero attached hydrogens (tertiary/aromatic N) is 3. The second-order valence-corrected chi connectivity index (χ2v) is 8.69. The van der Waals surface area contributed by atoms with Crippen LogP contribution < -0.4 is 0 Å². The molecule has 2 heterocycles. The maximum atomic E-state index is 5.06. The highest BCUT2D eigenvalue weighted by atomic mass is 15.1. The first kappa shape index (κ1) is 19.7. The quantitative estimate of drug-likeness (QED) is 0.274. The first-order valence-electron chi connectivity index (χ1n) is 11.8. The average Bonchev–Trinajstić information content (AvgIpc) is 3.32. The van der Waals surface area contributed by atoms with E-state index in [2.05, 4.69) is 113 Å². The van der Waals surface area contributed by atoms with Crippen LogP contribution >= 0.6 is 0 Å². The summed E-state index contributed by atoms with van der Waals surface area (Å²) in [5, 5.41) is 4.88. The Morgan fingerprint density at radius 3 is 2.00 bits per heavy atom. The van der Waals surface area contributed by atoms with Gasteiger partial charge in [0.15, 0.2) is 5.65 Å².